The van der Waals surface area contributed by atoms with Gasteiger partial charge in [-0.2, -0.15) is 0 Å². The van der Waals surface area contributed by atoms with Crippen LogP contribution >= 0.6 is 11.3 Å². The second kappa shape index (κ2) is 7.86. The lowest BCUT2D eigenvalue weighted by molar-refractivity contribution is -0.0615. The first-order valence-electron chi connectivity index (χ1n) is 8.97. The van der Waals surface area contributed by atoms with Crippen LogP contribution in [0, 0.1) is 6.92 Å². The average Bonchev–Trinajstić information content (AvgIpc) is 3.02. The molecule has 1 aliphatic rings. The van der Waals surface area contributed by atoms with Gasteiger partial charge in [0.2, 0.25) is 0 Å². The number of aromatic nitrogens is 1. The van der Waals surface area contributed by atoms with E-state index in [1.54, 1.807) is 14.2 Å². The van der Waals surface area contributed by atoms with Crippen molar-refractivity contribution in [3.05, 3.63) is 28.8 Å². The second-order valence-electron chi connectivity index (χ2n) is 7.27. The van der Waals surface area contributed by atoms with Crippen LogP contribution in [0.4, 0.5) is 0 Å². The van der Waals surface area contributed by atoms with Crippen molar-refractivity contribution in [1.82, 2.24) is 10.3 Å². The SMILES string of the molecule is COc1ccc(-c2nc(C)c(C(=O)NC3CCOC(C)(C)C3)s2)cc1OC. The Labute approximate surface area is 163 Å². The monoisotopic (exact) mass is 390 g/mol. The standard InChI is InChI=1S/C20H26N2O4S/c1-12-17(18(23)22-14-8-9-26-20(2,3)11-14)27-19(21-12)13-6-7-15(24-4)16(10-13)25-5/h6-7,10,14H,8-9,11H2,1-5H3,(H,22,23). The predicted molar refractivity (Wildman–Crippen MR) is 106 cm³/mol. The van der Waals surface area contributed by atoms with Gasteiger partial charge in [-0.05, 0) is 51.8 Å². The third-order valence-electron chi connectivity index (χ3n) is 4.67. The zero-order valence-electron chi connectivity index (χ0n) is 16.4. The fraction of sp³-hybridized carbons (Fsp3) is 0.500. The van der Waals surface area contributed by atoms with Crippen molar-refractivity contribution in [2.75, 3.05) is 20.8 Å². The van der Waals surface area contributed by atoms with E-state index in [0.717, 1.165) is 29.1 Å². The smallest absolute Gasteiger partial charge is 0.263 e. The molecule has 1 N–H and O–H groups in total. The van der Waals surface area contributed by atoms with Gasteiger partial charge in [-0.1, -0.05) is 0 Å². The number of nitrogens with zero attached hydrogens (tertiary/aromatic N) is 1. The van der Waals surface area contributed by atoms with Gasteiger partial charge in [-0.15, -0.1) is 11.3 Å². The normalized spacial score (nSPS) is 18.8. The van der Waals surface area contributed by atoms with E-state index < -0.39 is 0 Å². The van der Waals surface area contributed by atoms with Crippen LogP contribution in [0.15, 0.2) is 18.2 Å². The summed E-state index contributed by atoms with van der Waals surface area (Å²) in [5.74, 6) is 1.23. The molecule has 0 saturated carbocycles. The summed E-state index contributed by atoms with van der Waals surface area (Å²) < 4.78 is 16.4. The van der Waals surface area contributed by atoms with Crippen LogP contribution in [-0.4, -0.2) is 43.4 Å². The molecule has 1 aromatic heterocycles. The van der Waals surface area contributed by atoms with Crippen LogP contribution in [0.1, 0.15) is 42.1 Å². The van der Waals surface area contributed by atoms with Crippen molar-refractivity contribution in [2.24, 2.45) is 0 Å². The molecule has 0 aliphatic carbocycles. The Kier molecular flexibility index (Phi) is 5.72. The van der Waals surface area contributed by atoms with E-state index in [1.165, 1.54) is 11.3 Å². The molecule has 2 heterocycles. The van der Waals surface area contributed by atoms with Crippen molar-refractivity contribution in [3.63, 3.8) is 0 Å². The maximum absolute atomic E-state index is 12.8. The molecule has 1 fully saturated rings. The molecular formula is C20H26N2O4S. The van der Waals surface area contributed by atoms with Gasteiger partial charge in [-0.25, -0.2) is 4.98 Å². The summed E-state index contributed by atoms with van der Waals surface area (Å²) in [5.41, 5.74) is 1.42. The second-order valence-corrected chi connectivity index (χ2v) is 8.27. The lowest BCUT2D eigenvalue weighted by atomic mass is 9.94. The van der Waals surface area contributed by atoms with E-state index in [9.17, 15) is 4.79 Å². The fourth-order valence-electron chi connectivity index (χ4n) is 3.31. The van der Waals surface area contributed by atoms with Crippen LogP contribution in [0.5, 0.6) is 11.5 Å². The Hall–Kier alpha value is -2.12. The van der Waals surface area contributed by atoms with Gasteiger partial charge in [0.25, 0.3) is 5.91 Å². The summed E-state index contributed by atoms with van der Waals surface area (Å²) in [6.45, 7) is 6.64. The number of hydrogen-bond acceptors (Lipinski definition) is 6. The number of hydrogen-bond donors (Lipinski definition) is 1. The van der Waals surface area contributed by atoms with Crippen molar-refractivity contribution in [1.29, 1.82) is 0 Å². The van der Waals surface area contributed by atoms with Crippen molar-refractivity contribution in [3.8, 4) is 22.1 Å². The summed E-state index contributed by atoms with van der Waals surface area (Å²) in [7, 11) is 3.20. The number of benzene rings is 1. The van der Waals surface area contributed by atoms with Gasteiger partial charge in [0.15, 0.2) is 11.5 Å². The first-order valence-corrected chi connectivity index (χ1v) is 9.79. The van der Waals surface area contributed by atoms with Gasteiger partial charge < -0.3 is 19.5 Å². The molecule has 146 valence electrons. The number of aryl methyl sites for hydroxylation is 1. The third-order valence-corrected chi connectivity index (χ3v) is 5.87. The van der Waals surface area contributed by atoms with Crippen molar-refractivity contribution < 1.29 is 19.0 Å². The molecule has 3 rings (SSSR count). The van der Waals surface area contributed by atoms with E-state index in [0.29, 0.717) is 23.0 Å². The predicted octanol–water partition coefficient (Wildman–Crippen LogP) is 3.82. The van der Waals surface area contributed by atoms with E-state index in [-0.39, 0.29) is 17.6 Å². The molecule has 7 heteroatoms. The van der Waals surface area contributed by atoms with Crippen molar-refractivity contribution >= 4 is 17.2 Å². The number of carbonyl (C=O) groups excluding carboxylic acids is 1. The summed E-state index contributed by atoms with van der Waals surface area (Å²) in [4.78, 5) is 18.0. The molecular weight excluding hydrogens is 364 g/mol. The third kappa shape index (κ3) is 4.42. The summed E-state index contributed by atoms with van der Waals surface area (Å²) in [6.07, 6.45) is 1.63. The first-order chi connectivity index (χ1) is 12.8. The van der Waals surface area contributed by atoms with E-state index in [1.807, 2.05) is 25.1 Å². The number of amides is 1. The molecule has 2 aromatic rings. The molecule has 1 unspecified atom stereocenters. The number of nitrogens with one attached hydrogen (secondary N) is 1. The fourth-order valence-corrected chi connectivity index (χ4v) is 4.27. The molecule has 0 bridgehead atoms. The maximum Gasteiger partial charge on any atom is 0.263 e. The molecule has 0 spiro atoms. The lowest BCUT2D eigenvalue weighted by Gasteiger charge is -2.35. The topological polar surface area (TPSA) is 69.7 Å². The molecule has 0 radical (unpaired) electrons. The Balaban J connectivity index is 1.79. The summed E-state index contributed by atoms with van der Waals surface area (Å²) in [6, 6.07) is 5.75. The largest absolute Gasteiger partial charge is 0.493 e. The Morgan fingerprint density at radius 3 is 2.70 bits per heavy atom. The minimum atomic E-state index is -0.205. The van der Waals surface area contributed by atoms with Crippen LogP contribution in [-0.2, 0) is 4.74 Å². The number of carbonyl (C=O) groups is 1. The molecule has 1 aliphatic heterocycles. The molecule has 1 amide bonds. The Bertz CT molecular complexity index is 831. The summed E-state index contributed by atoms with van der Waals surface area (Å²) in [5, 5.41) is 3.93. The van der Waals surface area contributed by atoms with E-state index in [4.69, 9.17) is 14.2 Å². The highest BCUT2D eigenvalue weighted by Crippen LogP contribution is 2.35. The maximum atomic E-state index is 12.8. The number of methoxy groups -OCH3 is 2. The van der Waals surface area contributed by atoms with Crippen molar-refractivity contribution in [2.45, 2.75) is 45.3 Å². The molecule has 27 heavy (non-hydrogen) atoms. The van der Waals surface area contributed by atoms with Gasteiger partial charge in [0.05, 0.1) is 25.5 Å². The summed E-state index contributed by atoms with van der Waals surface area (Å²) >= 11 is 1.39. The van der Waals surface area contributed by atoms with Crippen LogP contribution < -0.4 is 14.8 Å². The van der Waals surface area contributed by atoms with E-state index in [2.05, 4.69) is 24.1 Å². The average molecular weight is 391 g/mol. The minimum Gasteiger partial charge on any atom is -0.493 e. The Morgan fingerprint density at radius 1 is 1.30 bits per heavy atom. The lowest BCUT2D eigenvalue weighted by Crippen LogP contribution is -2.45. The molecule has 6 nitrogen and oxygen atoms in total. The van der Waals surface area contributed by atoms with Crippen LogP contribution in [0.25, 0.3) is 10.6 Å². The van der Waals surface area contributed by atoms with E-state index >= 15 is 0 Å². The minimum absolute atomic E-state index is 0.0700. The number of rotatable bonds is 5. The molecule has 1 atom stereocenters. The number of thiazole rings is 1. The Morgan fingerprint density at radius 2 is 2.04 bits per heavy atom. The molecule has 1 aromatic carbocycles. The van der Waals surface area contributed by atoms with Crippen LogP contribution in [0.3, 0.4) is 0 Å². The highest BCUT2D eigenvalue weighted by atomic mass is 32.1. The van der Waals surface area contributed by atoms with Gasteiger partial charge >= 0.3 is 0 Å². The zero-order chi connectivity index (χ0) is 19.6. The van der Waals surface area contributed by atoms with Gasteiger partial charge in [-0.3, -0.25) is 4.79 Å². The van der Waals surface area contributed by atoms with Gasteiger partial charge in [0.1, 0.15) is 9.88 Å². The highest BCUT2D eigenvalue weighted by Gasteiger charge is 2.30. The first kappa shape index (κ1) is 19.6. The number of ether oxygens (including phenoxy) is 3. The highest BCUT2D eigenvalue weighted by molar-refractivity contribution is 7.17. The quantitative estimate of drug-likeness (QED) is 0.840. The molecule has 1 saturated heterocycles. The van der Waals surface area contributed by atoms with Crippen LogP contribution in [0.2, 0.25) is 0 Å². The zero-order valence-corrected chi connectivity index (χ0v) is 17.2. The van der Waals surface area contributed by atoms with Gasteiger partial charge in [0, 0.05) is 18.2 Å².